The number of nitrogens with zero attached hydrogens (tertiary/aromatic N) is 2. The van der Waals surface area contributed by atoms with Crippen molar-refractivity contribution in [3.8, 4) is 6.07 Å². The maximum absolute atomic E-state index is 8.86. The van der Waals surface area contributed by atoms with Gasteiger partial charge in [-0.05, 0) is 42.8 Å². The molecule has 3 nitrogen and oxygen atoms in total. The van der Waals surface area contributed by atoms with E-state index in [-0.39, 0.29) is 0 Å². The fourth-order valence-corrected chi connectivity index (χ4v) is 3.04. The minimum absolute atomic E-state index is 0.462. The smallest absolute Gasteiger partial charge is 0.171 e. The van der Waals surface area contributed by atoms with Crippen LogP contribution in [0.4, 0.5) is 0 Å². The van der Waals surface area contributed by atoms with Gasteiger partial charge in [-0.15, -0.1) is 0 Å². The summed E-state index contributed by atoms with van der Waals surface area (Å²) in [4.78, 5) is 8.75. The highest BCUT2D eigenvalue weighted by molar-refractivity contribution is 7.99. The van der Waals surface area contributed by atoms with Gasteiger partial charge in [0.15, 0.2) is 5.16 Å². The van der Waals surface area contributed by atoms with Crippen molar-refractivity contribution in [3.05, 3.63) is 52.5 Å². The van der Waals surface area contributed by atoms with Crippen molar-refractivity contribution in [2.45, 2.75) is 17.0 Å². The molecule has 2 aromatic carbocycles. The second kappa shape index (κ2) is 5.20. The van der Waals surface area contributed by atoms with E-state index in [1.54, 1.807) is 12.1 Å². The first-order valence-corrected chi connectivity index (χ1v) is 7.19. The SMILES string of the molecule is Cc1ccc2nc(Sc3ccc(C#N)c(Cl)c3)[nH]c2c1. The molecule has 0 bridgehead atoms. The standard InChI is InChI=1S/C15H10ClN3S/c1-9-2-5-13-14(6-9)19-15(18-13)20-11-4-3-10(8-17)12(16)7-11/h2-7H,1H3,(H,18,19). The zero-order valence-corrected chi connectivity index (χ0v) is 12.2. The van der Waals surface area contributed by atoms with Gasteiger partial charge in [-0.3, -0.25) is 0 Å². The summed E-state index contributed by atoms with van der Waals surface area (Å²) in [6.45, 7) is 2.05. The number of halogens is 1. The summed E-state index contributed by atoms with van der Waals surface area (Å²) in [7, 11) is 0. The summed E-state index contributed by atoms with van der Waals surface area (Å²) < 4.78 is 0. The molecule has 0 atom stereocenters. The van der Waals surface area contributed by atoms with Crippen LogP contribution in [0.1, 0.15) is 11.1 Å². The van der Waals surface area contributed by atoms with Gasteiger partial charge in [0.25, 0.3) is 0 Å². The topological polar surface area (TPSA) is 52.5 Å². The number of nitrogens with one attached hydrogen (secondary N) is 1. The molecule has 0 spiro atoms. The minimum Gasteiger partial charge on any atom is -0.333 e. The van der Waals surface area contributed by atoms with E-state index in [0.717, 1.165) is 21.1 Å². The van der Waals surface area contributed by atoms with Crippen molar-refractivity contribution in [2.24, 2.45) is 0 Å². The van der Waals surface area contributed by atoms with E-state index < -0.39 is 0 Å². The van der Waals surface area contributed by atoms with Crippen LogP contribution >= 0.6 is 23.4 Å². The maximum Gasteiger partial charge on any atom is 0.171 e. The quantitative estimate of drug-likeness (QED) is 0.755. The summed E-state index contributed by atoms with van der Waals surface area (Å²) in [5.41, 5.74) is 3.64. The third-order valence-electron chi connectivity index (χ3n) is 2.89. The lowest BCUT2D eigenvalue weighted by atomic mass is 10.2. The number of H-pyrrole nitrogens is 1. The van der Waals surface area contributed by atoms with Gasteiger partial charge in [-0.25, -0.2) is 4.98 Å². The number of fused-ring (bicyclic) bond motifs is 1. The molecule has 0 saturated carbocycles. The summed E-state index contributed by atoms with van der Waals surface area (Å²) >= 11 is 7.52. The molecule has 5 heteroatoms. The van der Waals surface area contributed by atoms with E-state index in [4.69, 9.17) is 16.9 Å². The lowest BCUT2D eigenvalue weighted by Gasteiger charge is -1.99. The number of aryl methyl sites for hydroxylation is 1. The van der Waals surface area contributed by atoms with Crippen molar-refractivity contribution in [1.29, 1.82) is 5.26 Å². The second-order valence-corrected chi connectivity index (χ2v) is 5.89. The Morgan fingerprint density at radius 1 is 1.25 bits per heavy atom. The number of aromatic amines is 1. The lowest BCUT2D eigenvalue weighted by molar-refractivity contribution is 1.08. The Morgan fingerprint density at radius 3 is 2.85 bits per heavy atom. The van der Waals surface area contributed by atoms with E-state index in [0.29, 0.717) is 10.6 Å². The predicted octanol–water partition coefficient (Wildman–Crippen LogP) is 4.55. The van der Waals surface area contributed by atoms with Gasteiger partial charge in [-0.1, -0.05) is 29.4 Å². The highest BCUT2D eigenvalue weighted by Gasteiger charge is 2.07. The highest BCUT2D eigenvalue weighted by Crippen LogP contribution is 2.30. The van der Waals surface area contributed by atoms with Crippen molar-refractivity contribution in [1.82, 2.24) is 9.97 Å². The molecule has 3 rings (SSSR count). The number of benzene rings is 2. The monoisotopic (exact) mass is 299 g/mol. The van der Waals surface area contributed by atoms with E-state index in [2.05, 4.69) is 16.0 Å². The molecule has 0 aliphatic heterocycles. The Balaban J connectivity index is 1.93. The molecular formula is C15H10ClN3S. The summed E-state index contributed by atoms with van der Waals surface area (Å²) in [5.74, 6) is 0. The molecule has 1 heterocycles. The van der Waals surface area contributed by atoms with Gasteiger partial charge >= 0.3 is 0 Å². The van der Waals surface area contributed by atoms with Crippen LogP contribution in [0.15, 0.2) is 46.5 Å². The van der Waals surface area contributed by atoms with Crippen LogP contribution in [0.3, 0.4) is 0 Å². The van der Waals surface area contributed by atoms with Crippen molar-refractivity contribution in [2.75, 3.05) is 0 Å². The van der Waals surface area contributed by atoms with Gasteiger partial charge in [0.05, 0.1) is 21.6 Å². The largest absolute Gasteiger partial charge is 0.333 e. The van der Waals surface area contributed by atoms with Crippen LogP contribution in [0.2, 0.25) is 5.02 Å². The third-order valence-corrected chi connectivity index (χ3v) is 4.08. The minimum atomic E-state index is 0.462. The number of nitriles is 1. The number of imidazole rings is 1. The van der Waals surface area contributed by atoms with Crippen molar-refractivity contribution < 1.29 is 0 Å². The molecular weight excluding hydrogens is 290 g/mol. The molecule has 98 valence electrons. The number of rotatable bonds is 2. The van der Waals surface area contributed by atoms with Crippen LogP contribution in [-0.2, 0) is 0 Å². The fraction of sp³-hybridized carbons (Fsp3) is 0.0667. The number of hydrogen-bond acceptors (Lipinski definition) is 3. The van der Waals surface area contributed by atoms with Crippen LogP contribution < -0.4 is 0 Å². The normalized spacial score (nSPS) is 10.7. The highest BCUT2D eigenvalue weighted by atomic mass is 35.5. The summed E-state index contributed by atoms with van der Waals surface area (Å²) in [6.07, 6.45) is 0. The van der Waals surface area contributed by atoms with Crippen molar-refractivity contribution in [3.63, 3.8) is 0 Å². The van der Waals surface area contributed by atoms with Gasteiger partial charge in [0.2, 0.25) is 0 Å². The van der Waals surface area contributed by atoms with Crippen LogP contribution in [-0.4, -0.2) is 9.97 Å². The molecule has 0 radical (unpaired) electrons. The predicted molar refractivity (Wildman–Crippen MR) is 81.1 cm³/mol. The Kier molecular flexibility index (Phi) is 3.39. The molecule has 1 aromatic heterocycles. The van der Waals surface area contributed by atoms with E-state index in [1.165, 1.54) is 17.3 Å². The average molecular weight is 300 g/mol. The number of aromatic nitrogens is 2. The Labute approximate surface area is 125 Å². The first-order chi connectivity index (χ1) is 9.65. The first-order valence-electron chi connectivity index (χ1n) is 5.99. The van der Waals surface area contributed by atoms with Crippen LogP contribution in [0.5, 0.6) is 0 Å². The average Bonchev–Trinajstić information content (AvgIpc) is 2.80. The summed E-state index contributed by atoms with van der Waals surface area (Å²) in [6, 6.07) is 13.5. The maximum atomic E-state index is 8.86. The molecule has 20 heavy (non-hydrogen) atoms. The number of hydrogen-bond donors (Lipinski definition) is 1. The van der Waals surface area contributed by atoms with Gasteiger partial charge in [0, 0.05) is 4.90 Å². The van der Waals surface area contributed by atoms with Gasteiger partial charge in [0.1, 0.15) is 6.07 Å². The lowest BCUT2D eigenvalue weighted by Crippen LogP contribution is -1.80. The molecule has 0 amide bonds. The molecule has 0 aliphatic carbocycles. The van der Waals surface area contributed by atoms with E-state index in [9.17, 15) is 0 Å². The van der Waals surface area contributed by atoms with Gasteiger partial charge in [-0.2, -0.15) is 5.26 Å². The van der Waals surface area contributed by atoms with Gasteiger partial charge < -0.3 is 4.98 Å². The second-order valence-electron chi connectivity index (χ2n) is 4.42. The van der Waals surface area contributed by atoms with E-state index in [1.807, 2.05) is 31.2 Å². The molecule has 3 aromatic rings. The van der Waals surface area contributed by atoms with E-state index >= 15 is 0 Å². The molecule has 0 unspecified atom stereocenters. The zero-order chi connectivity index (χ0) is 14.1. The zero-order valence-electron chi connectivity index (χ0n) is 10.6. The third kappa shape index (κ3) is 2.51. The Bertz CT molecular complexity index is 833. The summed E-state index contributed by atoms with van der Waals surface area (Å²) in [5, 5.41) is 10.1. The first kappa shape index (κ1) is 13.0. The molecule has 0 fully saturated rings. The van der Waals surface area contributed by atoms with Crippen LogP contribution in [0.25, 0.3) is 11.0 Å². The molecule has 1 N–H and O–H groups in total. The fourth-order valence-electron chi connectivity index (χ4n) is 1.91. The van der Waals surface area contributed by atoms with Crippen molar-refractivity contribution >= 4 is 34.4 Å². The molecule has 0 saturated heterocycles. The van der Waals surface area contributed by atoms with Crippen LogP contribution in [0, 0.1) is 18.3 Å². The molecule has 0 aliphatic rings. The Hall–Kier alpha value is -1.96. The Morgan fingerprint density at radius 2 is 2.10 bits per heavy atom.